The van der Waals surface area contributed by atoms with Crippen molar-refractivity contribution in [1.82, 2.24) is 0 Å². The molecule has 0 aromatic heterocycles. The Bertz CT molecular complexity index is 372. The topological polar surface area (TPSA) is 29.3 Å². The number of piperidine rings is 1. The Morgan fingerprint density at radius 1 is 1.29 bits per heavy atom. The Morgan fingerprint density at radius 2 is 2.00 bits per heavy atom. The summed E-state index contributed by atoms with van der Waals surface area (Å²) in [5, 5.41) is 0. The predicted octanol–water partition coefficient (Wildman–Crippen LogP) is 2.88. The van der Waals surface area contributed by atoms with Gasteiger partial charge in [0.15, 0.2) is 0 Å². The van der Waals surface area contributed by atoms with Crippen LogP contribution in [0.4, 0.5) is 10.1 Å². The van der Waals surface area contributed by atoms with E-state index in [2.05, 4.69) is 11.8 Å². The van der Waals surface area contributed by atoms with Crippen molar-refractivity contribution in [2.75, 3.05) is 24.5 Å². The molecule has 0 radical (unpaired) electrons. The van der Waals surface area contributed by atoms with E-state index in [0.717, 1.165) is 18.7 Å². The van der Waals surface area contributed by atoms with Crippen molar-refractivity contribution < 1.29 is 4.39 Å². The SMILES string of the molecule is CC(CN)c1cc(F)ccc1N1CCCCC1. The highest BCUT2D eigenvalue weighted by atomic mass is 19.1. The van der Waals surface area contributed by atoms with Gasteiger partial charge in [-0.15, -0.1) is 0 Å². The van der Waals surface area contributed by atoms with Crippen LogP contribution < -0.4 is 10.6 Å². The summed E-state index contributed by atoms with van der Waals surface area (Å²) in [6.07, 6.45) is 3.76. The fourth-order valence-corrected chi connectivity index (χ4v) is 2.47. The number of nitrogens with zero attached hydrogens (tertiary/aromatic N) is 1. The van der Waals surface area contributed by atoms with Gasteiger partial charge in [0.25, 0.3) is 0 Å². The third-order valence-electron chi connectivity index (χ3n) is 3.57. The molecule has 1 heterocycles. The second kappa shape index (κ2) is 5.50. The van der Waals surface area contributed by atoms with Crippen LogP contribution >= 0.6 is 0 Å². The average molecular weight is 236 g/mol. The van der Waals surface area contributed by atoms with Crippen LogP contribution in [0.15, 0.2) is 18.2 Å². The highest BCUT2D eigenvalue weighted by Crippen LogP contribution is 2.30. The Balaban J connectivity index is 2.30. The summed E-state index contributed by atoms with van der Waals surface area (Å²) in [5.74, 6) is 0.0451. The molecule has 1 fully saturated rings. The molecule has 1 saturated heterocycles. The van der Waals surface area contributed by atoms with Gasteiger partial charge in [0.2, 0.25) is 0 Å². The van der Waals surface area contributed by atoms with Crippen molar-refractivity contribution in [2.45, 2.75) is 32.1 Å². The monoisotopic (exact) mass is 236 g/mol. The van der Waals surface area contributed by atoms with Crippen molar-refractivity contribution in [3.8, 4) is 0 Å². The maximum Gasteiger partial charge on any atom is 0.123 e. The maximum absolute atomic E-state index is 13.4. The molecule has 2 rings (SSSR count). The van der Waals surface area contributed by atoms with E-state index in [-0.39, 0.29) is 11.7 Å². The van der Waals surface area contributed by atoms with Gasteiger partial charge in [-0.2, -0.15) is 0 Å². The first kappa shape index (κ1) is 12.4. The second-order valence-electron chi connectivity index (χ2n) is 4.89. The van der Waals surface area contributed by atoms with Gasteiger partial charge in [-0.25, -0.2) is 4.39 Å². The van der Waals surface area contributed by atoms with Gasteiger partial charge >= 0.3 is 0 Å². The minimum absolute atomic E-state index is 0.166. The summed E-state index contributed by atoms with van der Waals surface area (Å²) in [6, 6.07) is 5.10. The minimum Gasteiger partial charge on any atom is -0.371 e. The number of benzene rings is 1. The van der Waals surface area contributed by atoms with Crippen molar-refractivity contribution in [3.63, 3.8) is 0 Å². The number of hydrogen-bond acceptors (Lipinski definition) is 2. The van der Waals surface area contributed by atoms with E-state index in [0.29, 0.717) is 6.54 Å². The molecule has 2 N–H and O–H groups in total. The largest absolute Gasteiger partial charge is 0.371 e. The Morgan fingerprint density at radius 3 is 2.65 bits per heavy atom. The second-order valence-corrected chi connectivity index (χ2v) is 4.89. The molecule has 0 bridgehead atoms. The van der Waals surface area contributed by atoms with Gasteiger partial charge in [0.05, 0.1) is 0 Å². The summed E-state index contributed by atoms with van der Waals surface area (Å²) in [5.41, 5.74) is 7.93. The fourth-order valence-electron chi connectivity index (χ4n) is 2.47. The summed E-state index contributed by atoms with van der Waals surface area (Å²) in [6.45, 7) is 4.78. The van der Waals surface area contributed by atoms with E-state index in [9.17, 15) is 4.39 Å². The molecule has 1 aliphatic rings. The molecule has 1 aliphatic heterocycles. The zero-order chi connectivity index (χ0) is 12.3. The van der Waals surface area contributed by atoms with E-state index in [1.165, 1.54) is 24.9 Å². The molecule has 2 nitrogen and oxygen atoms in total. The number of rotatable bonds is 3. The summed E-state index contributed by atoms with van der Waals surface area (Å²) >= 11 is 0. The van der Waals surface area contributed by atoms with Gasteiger partial charge < -0.3 is 10.6 Å². The van der Waals surface area contributed by atoms with E-state index < -0.39 is 0 Å². The number of nitrogens with two attached hydrogens (primary N) is 1. The molecule has 1 unspecified atom stereocenters. The average Bonchev–Trinajstić information content (AvgIpc) is 2.38. The number of halogens is 1. The van der Waals surface area contributed by atoms with Crippen LogP contribution in [0.2, 0.25) is 0 Å². The highest BCUT2D eigenvalue weighted by molar-refractivity contribution is 5.55. The van der Waals surface area contributed by atoms with Crippen LogP contribution in [-0.4, -0.2) is 19.6 Å². The number of hydrogen-bond donors (Lipinski definition) is 1. The minimum atomic E-state index is -0.166. The predicted molar refractivity (Wildman–Crippen MR) is 69.9 cm³/mol. The normalized spacial score (nSPS) is 18.2. The lowest BCUT2D eigenvalue weighted by molar-refractivity contribution is 0.572. The molecule has 0 spiro atoms. The smallest absolute Gasteiger partial charge is 0.123 e. The first-order valence-corrected chi connectivity index (χ1v) is 6.47. The van der Waals surface area contributed by atoms with Gasteiger partial charge in [-0.05, 0) is 55.5 Å². The van der Waals surface area contributed by atoms with E-state index in [1.54, 1.807) is 12.1 Å². The molecule has 1 aromatic carbocycles. The first-order chi connectivity index (χ1) is 8.22. The third-order valence-corrected chi connectivity index (χ3v) is 3.57. The Labute approximate surface area is 103 Å². The van der Waals surface area contributed by atoms with Crippen LogP contribution in [0.25, 0.3) is 0 Å². The Hall–Kier alpha value is -1.09. The zero-order valence-electron chi connectivity index (χ0n) is 10.5. The molecule has 0 saturated carbocycles. The molecule has 3 heteroatoms. The zero-order valence-corrected chi connectivity index (χ0v) is 10.5. The quantitative estimate of drug-likeness (QED) is 0.874. The lowest BCUT2D eigenvalue weighted by Gasteiger charge is -2.31. The first-order valence-electron chi connectivity index (χ1n) is 6.47. The maximum atomic E-state index is 13.4. The van der Waals surface area contributed by atoms with Crippen LogP contribution in [0.5, 0.6) is 0 Å². The van der Waals surface area contributed by atoms with Crippen LogP contribution in [-0.2, 0) is 0 Å². The van der Waals surface area contributed by atoms with Crippen LogP contribution in [0.1, 0.15) is 37.7 Å². The molecule has 17 heavy (non-hydrogen) atoms. The van der Waals surface area contributed by atoms with Crippen LogP contribution in [0.3, 0.4) is 0 Å². The molecular weight excluding hydrogens is 215 g/mol. The standard InChI is InChI=1S/C14H21FN2/c1-11(10-16)13-9-12(15)5-6-14(13)17-7-3-2-4-8-17/h5-6,9,11H,2-4,7-8,10,16H2,1H3. The number of anilines is 1. The summed E-state index contributed by atoms with van der Waals surface area (Å²) < 4.78 is 13.4. The molecule has 94 valence electrons. The van der Waals surface area contributed by atoms with Crippen molar-refractivity contribution in [1.29, 1.82) is 0 Å². The summed E-state index contributed by atoms with van der Waals surface area (Å²) in [4.78, 5) is 2.37. The van der Waals surface area contributed by atoms with Gasteiger partial charge in [-0.1, -0.05) is 6.92 Å². The van der Waals surface area contributed by atoms with Crippen molar-refractivity contribution in [2.24, 2.45) is 5.73 Å². The highest BCUT2D eigenvalue weighted by Gasteiger charge is 2.17. The molecule has 1 aromatic rings. The van der Waals surface area contributed by atoms with Gasteiger partial charge in [0.1, 0.15) is 5.82 Å². The lowest BCUT2D eigenvalue weighted by atomic mass is 9.97. The molecule has 0 amide bonds. The molecule has 1 atom stereocenters. The van der Waals surface area contributed by atoms with E-state index in [1.807, 2.05) is 6.07 Å². The van der Waals surface area contributed by atoms with E-state index >= 15 is 0 Å². The van der Waals surface area contributed by atoms with E-state index in [4.69, 9.17) is 5.73 Å². The fraction of sp³-hybridized carbons (Fsp3) is 0.571. The van der Waals surface area contributed by atoms with Crippen LogP contribution in [0, 0.1) is 5.82 Å². The lowest BCUT2D eigenvalue weighted by Crippen LogP contribution is -2.30. The molecular formula is C14H21FN2. The third kappa shape index (κ3) is 2.78. The Kier molecular flexibility index (Phi) is 4.00. The van der Waals surface area contributed by atoms with Crippen molar-refractivity contribution >= 4 is 5.69 Å². The van der Waals surface area contributed by atoms with Crippen molar-refractivity contribution in [3.05, 3.63) is 29.6 Å². The summed E-state index contributed by atoms with van der Waals surface area (Å²) in [7, 11) is 0. The van der Waals surface area contributed by atoms with Gasteiger partial charge in [-0.3, -0.25) is 0 Å². The molecule has 0 aliphatic carbocycles. The van der Waals surface area contributed by atoms with Gasteiger partial charge in [0, 0.05) is 18.8 Å².